The fraction of sp³-hybridized carbons (Fsp3) is 0.571. The number of hydrogen-bond acceptors (Lipinski definition) is 4. The van der Waals surface area contributed by atoms with E-state index in [0.29, 0.717) is 12.5 Å². The van der Waals surface area contributed by atoms with E-state index in [0.717, 1.165) is 18.7 Å². The number of nitrogens with zero attached hydrogens (tertiary/aromatic N) is 2. The fourth-order valence-electron chi connectivity index (χ4n) is 2.25. The summed E-state index contributed by atoms with van der Waals surface area (Å²) in [6.45, 7) is 7.42. The predicted molar refractivity (Wildman–Crippen MR) is 74.3 cm³/mol. The number of hydrogen-bond donors (Lipinski definition) is 1. The Kier molecular flexibility index (Phi) is 4.24. The van der Waals surface area contributed by atoms with Crippen LogP contribution in [0.15, 0.2) is 18.3 Å². The van der Waals surface area contributed by atoms with Gasteiger partial charge in [-0.05, 0) is 33.3 Å². The first-order valence-electron chi connectivity index (χ1n) is 6.77. The SMILES string of the molecule is CCOc1ccc(N[C@H]2CCN(C(C)C)C2=O)cn1. The number of carbonyl (C=O) groups excluding carboxylic acids is 1. The molecule has 0 saturated carbocycles. The van der Waals surface area contributed by atoms with Gasteiger partial charge in [-0.15, -0.1) is 0 Å². The number of likely N-dealkylation sites (tertiary alicyclic amines) is 1. The van der Waals surface area contributed by atoms with Crippen molar-refractivity contribution >= 4 is 11.6 Å². The highest BCUT2D eigenvalue weighted by Crippen LogP contribution is 2.19. The molecule has 0 unspecified atom stereocenters. The van der Waals surface area contributed by atoms with Crippen LogP contribution in [0.25, 0.3) is 0 Å². The molecule has 1 N–H and O–H groups in total. The summed E-state index contributed by atoms with van der Waals surface area (Å²) in [6.07, 6.45) is 2.54. The first kappa shape index (κ1) is 13.6. The number of rotatable bonds is 5. The van der Waals surface area contributed by atoms with E-state index in [1.54, 1.807) is 6.20 Å². The molecule has 0 aromatic carbocycles. The minimum atomic E-state index is -0.137. The van der Waals surface area contributed by atoms with Crippen molar-refractivity contribution in [1.29, 1.82) is 0 Å². The van der Waals surface area contributed by atoms with Crippen molar-refractivity contribution < 1.29 is 9.53 Å². The number of aromatic nitrogens is 1. The molecule has 5 heteroatoms. The molecule has 0 bridgehead atoms. The molecule has 2 heterocycles. The molecule has 5 nitrogen and oxygen atoms in total. The van der Waals surface area contributed by atoms with Crippen molar-refractivity contribution in [2.24, 2.45) is 0 Å². The van der Waals surface area contributed by atoms with E-state index >= 15 is 0 Å². The largest absolute Gasteiger partial charge is 0.478 e. The zero-order valence-electron chi connectivity index (χ0n) is 11.7. The van der Waals surface area contributed by atoms with Gasteiger partial charge in [-0.3, -0.25) is 4.79 Å². The van der Waals surface area contributed by atoms with Gasteiger partial charge in [-0.2, -0.15) is 0 Å². The highest BCUT2D eigenvalue weighted by Gasteiger charge is 2.32. The van der Waals surface area contributed by atoms with Crippen molar-refractivity contribution in [3.8, 4) is 5.88 Å². The van der Waals surface area contributed by atoms with Crippen molar-refractivity contribution in [1.82, 2.24) is 9.88 Å². The maximum Gasteiger partial charge on any atom is 0.245 e. The fourth-order valence-corrected chi connectivity index (χ4v) is 2.25. The lowest BCUT2D eigenvalue weighted by Crippen LogP contribution is -2.37. The van der Waals surface area contributed by atoms with Crippen LogP contribution in [-0.2, 0) is 4.79 Å². The van der Waals surface area contributed by atoms with Crippen LogP contribution in [0.1, 0.15) is 27.2 Å². The summed E-state index contributed by atoms with van der Waals surface area (Å²) in [5.41, 5.74) is 0.854. The molecule has 1 fully saturated rings. The standard InChI is InChI=1S/C14H21N3O2/c1-4-19-13-6-5-11(9-15-13)16-12-7-8-17(10(2)3)14(12)18/h5-6,9-10,12,16H,4,7-8H2,1-3H3/t12-/m0/s1. The summed E-state index contributed by atoms with van der Waals surface area (Å²) in [5, 5.41) is 3.24. The Morgan fingerprint density at radius 3 is 2.84 bits per heavy atom. The molecule has 1 aromatic rings. The van der Waals surface area contributed by atoms with Gasteiger partial charge in [0.1, 0.15) is 6.04 Å². The smallest absolute Gasteiger partial charge is 0.245 e. The third-order valence-electron chi connectivity index (χ3n) is 3.23. The quantitative estimate of drug-likeness (QED) is 0.881. The molecule has 1 atom stereocenters. The lowest BCUT2D eigenvalue weighted by atomic mass is 10.2. The summed E-state index contributed by atoms with van der Waals surface area (Å²) in [7, 11) is 0. The Morgan fingerprint density at radius 1 is 1.53 bits per heavy atom. The van der Waals surface area contributed by atoms with Crippen molar-refractivity contribution in [2.75, 3.05) is 18.5 Å². The van der Waals surface area contributed by atoms with E-state index in [-0.39, 0.29) is 18.0 Å². The number of anilines is 1. The molecule has 1 amide bonds. The summed E-state index contributed by atoms with van der Waals surface area (Å²) >= 11 is 0. The predicted octanol–water partition coefficient (Wildman–Crippen LogP) is 1.90. The third kappa shape index (κ3) is 3.16. The highest BCUT2D eigenvalue weighted by atomic mass is 16.5. The zero-order valence-corrected chi connectivity index (χ0v) is 11.7. The van der Waals surface area contributed by atoms with Crippen LogP contribution >= 0.6 is 0 Å². The summed E-state index contributed by atoms with van der Waals surface area (Å²) in [5.74, 6) is 0.776. The molecule has 1 aliphatic rings. The molecule has 1 saturated heterocycles. The second-order valence-corrected chi connectivity index (χ2v) is 4.93. The Bertz CT molecular complexity index is 431. The van der Waals surface area contributed by atoms with Gasteiger partial charge >= 0.3 is 0 Å². The Balaban J connectivity index is 1.96. The lowest BCUT2D eigenvalue weighted by Gasteiger charge is -2.21. The van der Waals surface area contributed by atoms with Crippen LogP contribution < -0.4 is 10.1 Å². The van der Waals surface area contributed by atoms with Gasteiger partial charge in [0, 0.05) is 18.7 Å². The van der Waals surface area contributed by atoms with Gasteiger partial charge in [0.2, 0.25) is 11.8 Å². The maximum atomic E-state index is 12.1. The first-order chi connectivity index (χ1) is 9.11. The molecule has 0 aliphatic carbocycles. The van der Waals surface area contributed by atoms with E-state index < -0.39 is 0 Å². The first-order valence-corrected chi connectivity index (χ1v) is 6.77. The molecular weight excluding hydrogens is 242 g/mol. The number of amides is 1. The monoisotopic (exact) mass is 263 g/mol. The van der Waals surface area contributed by atoms with Gasteiger partial charge in [0.05, 0.1) is 18.5 Å². The number of pyridine rings is 1. The maximum absolute atomic E-state index is 12.1. The molecule has 19 heavy (non-hydrogen) atoms. The summed E-state index contributed by atoms with van der Waals surface area (Å²) < 4.78 is 5.29. The number of carbonyl (C=O) groups is 1. The Labute approximate surface area is 114 Å². The van der Waals surface area contributed by atoms with Crippen LogP contribution in [0.3, 0.4) is 0 Å². The number of nitrogens with one attached hydrogen (secondary N) is 1. The van der Waals surface area contributed by atoms with Crippen molar-refractivity contribution in [3.05, 3.63) is 18.3 Å². The Morgan fingerprint density at radius 2 is 2.32 bits per heavy atom. The molecular formula is C14H21N3O2. The second kappa shape index (κ2) is 5.91. The van der Waals surface area contributed by atoms with Crippen LogP contribution in [0.4, 0.5) is 5.69 Å². The van der Waals surface area contributed by atoms with Crippen LogP contribution in [-0.4, -0.2) is 41.0 Å². The van der Waals surface area contributed by atoms with Crippen LogP contribution in [0.5, 0.6) is 5.88 Å². The molecule has 2 rings (SSSR count). The topological polar surface area (TPSA) is 54.5 Å². The van der Waals surface area contributed by atoms with Gasteiger partial charge < -0.3 is 15.0 Å². The molecule has 104 valence electrons. The molecule has 1 aliphatic heterocycles. The minimum Gasteiger partial charge on any atom is -0.478 e. The van der Waals surface area contributed by atoms with E-state index in [2.05, 4.69) is 10.3 Å². The third-order valence-corrected chi connectivity index (χ3v) is 3.23. The van der Waals surface area contributed by atoms with Gasteiger partial charge in [0.25, 0.3) is 0 Å². The van der Waals surface area contributed by atoms with E-state index in [1.807, 2.05) is 37.8 Å². The van der Waals surface area contributed by atoms with Gasteiger partial charge in [0.15, 0.2) is 0 Å². The average molecular weight is 263 g/mol. The van der Waals surface area contributed by atoms with Crippen molar-refractivity contribution in [3.63, 3.8) is 0 Å². The van der Waals surface area contributed by atoms with E-state index in [1.165, 1.54) is 0 Å². The van der Waals surface area contributed by atoms with Crippen molar-refractivity contribution in [2.45, 2.75) is 39.3 Å². The molecule has 0 radical (unpaired) electrons. The zero-order chi connectivity index (χ0) is 13.8. The summed E-state index contributed by atoms with van der Waals surface area (Å²) in [6, 6.07) is 3.83. The minimum absolute atomic E-state index is 0.137. The lowest BCUT2D eigenvalue weighted by molar-refractivity contribution is -0.129. The van der Waals surface area contributed by atoms with E-state index in [4.69, 9.17) is 4.74 Å². The normalized spacial score (nSPS) is 19.1. The Hall–Kier alpha value is -1.78. The van der Waals surface area contributed by atoms with Gasteiger partial charge in [-0.1, -0.05) is 0 Å². The highest BCUT2D eigenvalue weighted by molar-refractivity contribution is 5.86. The second-order valence-electron chi connectivity index (χ2n) is 4.93. The van der Waals surface area contributed by atoms with Crippen LogP contribution in [0.2, 0.25) is 0 Å². The van der Waals surface area contributed by atoms with Crippen LogP contribution in [0, 0.1) is 0 Å². The summed E-state index contributed by atoms with van der Waals surface area (Å²) in [4.78, 5) is 18.2. The molecule has 1 aromatic heterocycles. The van der Waals surface area contributed by atoms with E-state index in [9.17, 15) is 4.79 Å². The molecule has 0 spiro atoms. The average Bonchev–Trinajstić information content (AvgIpc) is 2.74. The van der Waals surface area contributed by atoms with Gasteiger partial charge in [-0.25, -0.2) is 4.98 Å². The number of ether oxygens (including phenoxy) is 1.